The Morgan fingerprint density at radius 3 is 2.91 bits per heavy atom. The van der Waals surface area contributed by atoms with Crippen LogP contribution in [0.4, 0.5) is 0 Å². The lowest BCUT2D eigenvalue weighted by Gasteiger charge is -2.10. The van der Waals surface area contributed by atoms with Gasteiger partial charge in [-0.25, -0.2) is 0 Å². The summed E-state index contributed by atoms with van der Waals surface area (Å²) in [6.07, 6.45) is 2.96. The molecule has 1 N–H and O–H groups in total. The fraction of sp³-hybridized carbons (Fsp3) is 1.00. The van der Waals surface area contributed by atoms with Crippen LogP contribution in [0, 0.1) is 5.92 Å². The summed E-state index contributed by atoms with van der Waals surface area (Å²) in [4.78, 5) is 0. The van der Waals surface area contributed by atoms with Crippen LogP contribution >= 0.6 is 0 Å². The number of nitrogens with one attached hydrogen (secondary N) is 1. The van der Waals surface area contributed by atoms with E-state index in [0.717, 1.165) is 12.5 Å². The molecule has 0 aliphatic carbocycles. The van der Waals surface area contributed by atoms with E-state index in [4.69, 9.17) is 4.74 Å². The van der Waals surface area contributed by atoms with Gasteiger partial charge in [0.2, 0.25) is 0 Å². The van der Waals surface area contributed by atoms with Gasteiger partial charge >= 0.3 is 0 Å². The van der Waals surface area contributed by atoms with E-state index in [1.54, 1.807) is 0 Å². The van der Waals surface area contributed by atoms with Crippen molar-refractivity contribution in [1.29, 1.82) is 0 Å². The molecule has 0 aromatic heterocycles. The number of ether oxygens (including phenoxy) is 1. The molecule has 0 amide bonds. The first-order valence-electron chi connectivity index (χ1n) is 4.61. The molecular formula is C9H19NO. The molecule has 2 nitrogen and oxygen atoms in total. The number of hydrogen-bond donors (Lipinski definition) is 1. The second-order valence-electron chi connectivity index (χ2n) is 3.57. The quantitative estimate of drug-likeness (QED) is 0.666. The minimum atomic E-state index is 0.393. The van der Waals surface area contributed by atoms with Gasteiger partial charge in [-0.1, -0.05) is 0 Å². The zero-order chi connectivity index (χ0) is 8.10. The van der Waals surface area contributed by atoms with Gasteiger partial charge in [-0.15, -0.1) is 0 Å². The Morgan fingerprint density at radius 2 is 2.36 bits per heavy atom. The fourth-order valence-electron chi connectivity index (χ4n) is 1.43. The highest BCUT2D eigenvalue weighted by molar-refractivity contribution is 4.70. The molecule has 1 saturated heterocycles. The lowest BCUT2D eigenvalue weighted by molar-refractivity contribution is 0.0698. The van der Waals surface area contributed by atoms with Crippen molar-refractivity contribution in [2.75, 3.05) is 19.7 Å². The van der Waals surface area contributed by atoms with E-state index >= 15 is 0 Å². The predicted molar refractivity (Wildman–Crippen MR) is 46.7 cm³/mol. The zero-order valence-electron chi connectivity index (χ0n) is 7.60. The highest BCUT2D eigenvalue weighted by atomic mass is 16.5. The van der Waals surface area contributed by atoms with Gasteiger partial charge in [0.05, 0.1) is 6.10 Å². The van der Waals surface area contributed by atoms with Crippen molar-refractivity contribution in [3.05, 3.63) is 0 Å². The van der Waals surface area contributed by atoms with Crippen molar-refractivity contribution in [2.24, 2.45) is 5.92 Å². The Bertz CT molecular complexity index is 97.7. The highest BCUT2D eigenvalue weighted by Gasteiger charge is 2.13. The largest absolute Gasteiger partial charge is 0.379 e. The molecule has 66 valence electrons. The van der Waals surface area contributed by atoms with Crippen LogP contribution in [0.3, 0.4) is 0 Å². The van der Waals surface area contributed by atoms with Crippen molar-refractivity contribution in [1.82, 2.24) is 5.32 Å². The summed E-state index contributed by atoms with van der Waals surface area (Å²) in [5.74, 6) is 0.869. The molecule has 0 bridgehead atoms. The second kappa shape index (κ2) is 4.73. The summed E-state index contributed by atoms with van der Waals surface area (Å²) in [5, 5.41) is 3.35. The molecule has 0 aromatic rings. The lowest BCUT2D eigenvalue weighted by Crippen LogP contribution is -2.12. The van der Waals surface area contributed by atoms with E-state index in [9.17, 15) is 0 Å². The first-order valence-corrected chi connectivity index (χ1v) is 4.61. The van der Waals surface area contributed by atoms with E-state index in [1.807, 2.05) is 0 Å². The molecule has 1 aliphatic rings. The van der Waals surface area contributed by atoms with Crippen LogP contribution in [0.1, 0.15) is 26.7 Å². The maximum Gasteiger partial charge on any atom is 0.0518 e. The van der Waals surface area contributed by atoms with E-state index < -0.39 is 0 Å². The summed E-state index contributed by atoms with van der Waals surface area (Å²) in [6, 6.07) is 0. The van der Waals surface area contributed by atoms with E-state index in [2.05, 4.69) is 19.2 Å². The van der Waals surface area contributed by atoms with Crippen molar-refractivity contribution < 1.29 is 4.74 Å². The monoisotopic (exact) mass is 157 g/mol. The molecule has 11 heavy (non-hydrogen) atoms. The molecule has 1 heterocycles. The van der Waals surface area contributed by atoms with Crippen molar-refractivity contribution in [2.45, 2.75) is 32.8 Å². The maximum atomic E-state index is 5.48. The smallest absolute Gasteiger partial charge is 0.0518 e. The summed E-state index contributed by atoms with van der Waals surface area (Å²) in [6.45, 7) is 7.51. The molecule has 0 aromatic carbocycles. The van der Waals surface area contributed by atoms with E-state index in [-0.39, 0.29) is 0 Å². The molecule has 1 rings (SSSR count). The van der Waals surface area contributed by atoms with Gasteiger partial charge < -0.3 is 10.1 Å². The first-order chi connectivity index (χ1) is 5.29. The third-order valence-corrected chi connectivity index (χ3v) is 2.14. The number of rotatable bonds is 4. The van der Waals surface area contributed by atoms with Crippen molar-refractivity contribution in [3.63, 3.8) is 0 Å². The fourth-order valence-corrected chi connectivity index (χ4v) is 1.43. The van der Waals surface area contributed by atoms with Crippen LogP contribution in [-0.4, -0.2) is 25.8 Å². The molecule has 1 unspecified atom stereocenters. The SMILES string of the molecule is CC(C)OCCC1CCNC1. The summed E-state index contributed by atoms with van der Waals surface area (Å²) >= 11 is 0. The molecule has 1 atom stereocenters. The third kappa shape index (κ3) is 3.73. The minimum Gasteiger partial charge on any atom is -0.379 e. The topological polar surface area (TPSA) is 21.3 Å². The molecule has 1 aliphatic heterocycles. The van der Waals surface area contributed by atoms with Gasteiger partial charge in [0.1, 0.15) is 0 Å². The zero-order valence-corrected chi connectivity index (χ0v) is 7.60. The lowest BCUT2D eigenvalue weighted by atomic mass is 10.1. The summed E-state index contributed by atoms with van der Waals surface area (Å²) < 4.78 is 5.48. The standard InChI is InChI=1S/C9H19NO/c1-8(2)11-6-4-9-3-5-10-7-9/h8-10H,3-7H2,1-2H3. The van der Waals surface area contributed by atoms with Crippen molar-refractivity contribution in [3.8, 4) is 0 Å². The number of hydrogen-bond acceptors (Lipinski definition) is 2. The van der Waals surface area contributed by atoms with Gasteiger partial charge in [0.15, 0.2) is 0 Å². The Labute approximate surface area is 69.3 Å². The normalized spacial score (nSPS) is 24.8. The van der Waals surface area contributed by atoms with E-state index in [0.29, 0.717) is 6.10 Å². The van der Waals surface area contributed by atoms with Crippen LogP contribution in [0.2, 0.25) is 0 Å². The Balaban J connectivity index is 1.94. The molecule has 0 saturated carbocycles. The van der Waals surface area contributed by atoms with Gasteiger partial charge in [-0.2, -0.15) is 0 Å². The van der Waals surface area contributed by atoms with Crippen LogP contribution < -0.4 is 5.32 Å². The second-order valence-corrected chi connectivity index (χ2v) is 3.57. The van der Waals surface area contributed by atoms with E-state index in [1.165, 1.54) is 25.9 Å². The van der Waals surface area contributed by atoms with Gasteiger partial charge in [-0.05, 0) is 45.7 Å². The predicted octanol–water partition coefficient (Wildman–Crippen LogP) is 1.41. The van der Waals surface area contributed by atoms with Crippen LogP contribution in [0.15, 0.2) is 0 Å². The molecule has 0 radical (unpaired) electrons. The Kier molecular flexibility index (Phi) is 3.87. The van der Waals surface area contributed by atoms with Crippen LogP contribution in [-0.2, 0) is 4.74 Å². The van der Waals surface area contributed by atoms with Crippen LogP contribution in [0.25, 0.3) is 0 Å². The molecule has 1 fully saturated rings. The molecule has 2 heteroatoms. The Hall–Kier alpha value is -0.0800. The highest BCUT2D eigenvalue weighted by Crippen LogP contribution is 2.11. The summed E-state index contributed by atoms with van der Waals surface area (Å²) in [7, 11) is 0. The van der Waals surface area contributed by atoms with Crippen LogP contribution in [0.5, 0.6) is 0 Å². The first kappa shape index (κ1) is 9.01. The minimum absolute atomic E-state index is 0.393. The van der Waals surface area contributed by atoms with Gasteiger partial charge in [0, 0.05) is 6.61 Å². The molecular weight excluding hydrogens is 138 g/mol. The third-order valence-electron chi connectivity index (χ3n) is 2.14. The Morgan fingerprint density at radius 1 is 1.55 bits per heavy atom. The summed E-state index contributed by atoms with van der Waals surface area (Å²) in [5.41, 5.74) is 0. The average Bonchev–Trinajstić information content (AvgIpc) is 2.39. The van der Waals surface area contributed by atoms with Crippen molar-refractivity contribution >= 4 is 0 Å². The van der Waals surface area contributed by atoms with Gasteiger partial charge in [-0.3, -0.25) is 0 Å². The molecule has 0 spiro atoms. The maximum absolute atomic E-state index is 5.48. The average molecular weight is 157 g/mol. The van der Waals surface area contributed by atoms with Gasteiger partial charge in [0.25, 0.3) is 0 Å².